The topological polar surface area (TPSA) is 51.2 Å². The molecule has 4 heteroatoms. The molecule has 1 aliphatic rings. The van der Waals surface area contributed by atoms with Crippen LogP contribution < -0.4 is 0 Å². The van der Waals surface area contributed by atoms with E-state index in [2.05, 4.69) is 0 Å². The van der Waals surface area contributed by atoms with Gasteiger partial charge in [0.25, 0.3) is 0 Å². The van der Waals surface area contributed by atoms with Crippen LogP contribution in [0.2, 0.25) is 0 Å². The average Bonchev–Trinajstić information content (AvgIpc) is 2.33. The van der Waals surface area contributed by atoms with E-state index in [1.54, 1.807) is 24.3 Å². The largest absolute Gasteiger partial charge is 0.293 e. The van der Waals surface area contributed by atoms with Crippen LogP contribution in [0.4, 0.5) is 0 Å². The lowest BCUT2D eigenvalue weighted by Gasteiger charge is -2.16. The number of sulfone groups is 1. The molecule has 0 radical (unpaired) electrons. The van der Waals surface area contributed by atoms with E-state index >= 15 is 0 Å². The number of Topliss-reactive ketones (excluding diaryl/α,β-unsaturated/α-hetero) is 1. The summed E-state index contributed by atoms with van der Waals surface area (Å²) in [6.07, 6.45) is 2.62. The standard InChI is InChI=1S/C13H14O3S/c1-10-7-8-12(14)13(9-10)17(15,16)11-5-3-2-4-6-11/h2-6,9-10H,7-8H2,1H3. The third-order valence-corrected chi connectivity index (χ3v) is 4.72. The zero-order valence-corrected chi connectivity index (χ0v) is 10.4. The van der Waals surface area contributed by atoms with Crippen molar-refractivity contribution in [2.75, 3.05) is 0 Å². The van der Waals surface area contributed by atoms with Crippen LogP contribution in [-0.2, 0) is 14.6 Å². The molecule has 0 saturated heterocycles. The fourth-order valence-corrected chi connectivity index (χ4v) is 3.47. The van der Waals surface area contributed by atoms with Gasteiger partial charge in [0.1, 0.15) is 4.91 Å². The number of hydrogen-bond donors (Lipinski definition) is 0. The third kappa shape index (κ3) is 2.31. The van der Waals surface area contributed by atoms with Crippen LogP contribution in [0, 0.1) is 5.92 Å². The maximum atomic E-state index is 12.3. The highest BCUT2D eigenvalue weighted by atomic mass is 32.2. The Morgan fingerprint density at radius 1 is 1.18 bits per heavy atom. The summed E-state index contributed by atoms with van der Waals surface area (Å²) in [6.45, 7) is 1.92. The van der Waals surface area contributed by atoms with Crippen molar-refractivity contribution in [3.63, 3.8) is 0 Å². The van der Waals surface area contributed by atoms with E-state index < -0.39 is 9.84 Å². The van der Waals surface area contributed by atoms with Crippen LogP contribution in [0.15, 0.2) is 46.2 Å². The first-order chi connectivity index (χ1) is 8.01. The molecule has 0 aromatic heterocycles. The number of benzene rings is 1. The zero-order chi connectivity index (χ0) is 12.5. The molecule has 2 rings (SSSR count). The monoisotopic (exact) mass is 250 g/mol. The Morgan fingerprint density at radius 2 is 1.82 bits per heavy atom. The molecule has 0 bridgehead atoms. The molecule has 0 fully saturated rings. The van der Waals surface area contributed by atoms with Crippen molar-refractivity contribution in [1.82, 2.24) is 0 Å². The fourth-order valence-electron chi connectivity index (χ4n) is 1.88. The van der Waals surface area contributed by atoms with E-state index in [9.17, 15) is 13.2 Å². The van der Waals surface area contributed by atoms with Gasteiger partial charge < -0.3 is 0 Å². The maximum Gasteiger partial charge on any atom is 0.209 e. The van der Waals surface area contributed by atoms with E-state index in [0.29, 0.717) is 6.42 Å². The summed E-state index contributed by atoms with van der Waals surface area (Å²) in [5, 5.41) is 0. The van der Waals surface area contributed by atoms with Crippen LogP contribution in [0.1, 0.15) is 19.8 Å². The minimum absolute atomic E-state index is 0.0394. The highest BCUT2D eigenvalue weighted by Gasteiger charge is 2.29. The predicted molar refractivity (Wildman–Crippen MR) is 65.1 cm³/mol. The number of hydrogen-bond acceptors (Lipinski definition) is 3. The van der Waals surface area contributed by atoms with Crippen LogP contribution >= 0.6 is 0 Å². The van der Waals surface area contributed by atoms with Crippen LogP contribution in [-0.4, -0.2) is 14.2 Å². The SMILES string of the molecule is CC1C=C(S(=O)(=O)c2ccccc2)C(=O)CC1. The van der Waals surface area contributed by atoms with Crippen LogP contribution in [0.25, 0.3) is 0 Å². The molecule has 1 aliphatic carbocycles. The summed E-state index contributed by atoms with van der Waals surface area (Å²) < 4.78 is 24.5. The van der Waals surface area contributed by atoms with Gasteiger partial charge in [0.05, 0.1) is 4.90 Å². The molecule has 0 amide bonds. The van der Waals surface area contributed by atoms with Crippen molar-refractivity contribution in [3.05, 3.63) is 41.3 Å². The van der Waals surface area contributed by atoms with Gasteiger partial charge in [-0.3, -0.25) is 4.79 Å². The molecule has 1 aromatic rings. The number of carbonyl (C=O) groups is 1. The van der Waals surface area contributed by atoms with Crippen molar-refractivity contribution >= 4 is 15.6 Å². The fraction of sp³-hybridized carbons (Fsp3) is 0.308. The van der Waals surface area contributed by atoms with Gasteiger partial charge in [-0.2, -0.15) is 0 Å². The minimum Gasteiger partial charge on any atom is -0.293 e. The van der Waals surface area contributed by atoms with Gasteiger partial charge in [-0.15, -0.1) is 0 Å². The van der Waals surface area contributed by atoms with E-state index in [1.807, 2.05) is 6.92 Å². The van der Waals surface area contributed by atoms with Gasteiger partial charge in [-0.05, 0) is 24.5 Å². The van der Waals surface area contributed by atoms with E-state index in [-0.39, 0.29) is 21.5 Å². The van der Waals surface area contributed by atoms with Crippen molar-refractivity contribution in [2.24, 2.45) is 5.92 Å². The molecule has 0 aliphatic heterocycles. The van der Waals surface area contributed by atoms with Gasteiger partial charge in [0, 0.05) is 6.42 Å². The Bertz CT molecular complexity index is 556. The second kappa shape index (κ2) is 4.45. The molecule has 0 heterocycles. The summed E-state index contributed by atoms with van der Waals surface area (Å²) >= 11 is 0. The average molecular weight is 250 g/mol. The van der Waals surface area contributed by atoms with Gasteiger partial charge in [-0.1, -0.05) is 31.2 Å². The Labute approximate surface area is 101 Å². The summed E-state index contributed by atoms with van der Waals surface area (Å²) in [4.78, 5) is 11.9. The molecular formula is C13H14O3S. The Balaban J connectivity index is 2.50. The summed E-state index contributed by atoms with van der Waals surface area (Å²) in [5.41, 5.74) is 0. The minimum atomic E-state index is -3.63. The van der Waals surface area contributed by atoms with Gasteiger partial charge in [0.2, 0.25) is 9.84 Å². The van der Waals surface area contributed by atoms with Crippen molar-refractivity contribution in [1.29, 1.82) is 0 Å². The highest BCUT2D eigenvalue weighted by Crippen LogP contribution is 2.27. The van der Waals surface area contributed by atoms with Crippen molar-refractivity contribution < 1.29 is 13.2 Å². The Kier molecular flexibility index (Phi) is 3.15. The van der Waals surface area contributed by atoms with Crippen LogP contribution in [0.5, 0.6) is 0 Å². The lowest BCUT2D eigenvalue weighted by molar-refractivity contribution is -0.115. The molecule has 0 spiro atoms. The first kappa shape index (κ1) is 12.0. The van der Waals surface area contributed by atoms with E-state index in [0.717, 1.165) is 6.42 Å². The molecule has 0 N–H and O–H groups in total. The normalized spacial score (nSPS) is 21.1. The third-order valence-electron chi connectivity index (χ3n) is 2.88. The van der Waals surface area contributed by atoms with Crippen molar-refractivity contribution in [2.45, 2.75) is 24.7 Å². The summed E-state index contributed by atoms with van der Waals surface area (Å²) in [6, 6.07) is 8.10. The molecule has 17 heavy (non-hydrogen) atoms. The molecular weight excluding hydrogens is 236 g/mol. The molecule has 1 atom stereocenters. The predicted octanol–water partition coefficient (Wildman–Crippen LogP) is 2.34. The smallest absolute Gasteiger partial charge is 0.209 e. The molecule has 1 unspecified atom stereocenters. The number of ketones is 1. The second-order valence-corrected chi connectivity index (χ2v) is 6.20. The summed E-state index contributed by atoms with van der Waals surface area (Å²) in [5.74, 6) is -0.131. The molecule has 0 saturated carbocycles. The number of carbonyl (C=O) groups excluding carboxylic acids is 1. The number of allylic oxidation sites excluding steroid dienone is 2. The Hall–Kier alpha value is -1.42. The molecule has 1 aromatic carbocycles. The Morgan fingerprint density at radius 3 is 2.47 bits per heavy atom. The maximum absolute atomic E-state index is 12.3. The first-order valence-corrected chi connectivity index (χ1v) is 7.05. The highest BCUT2D eigenvalue weighted by molar-refractivity contribution is 7.96. The quantitative estimate of drug-likeness (QED) is 0.809. The van der Waals surface area contributed by atoms with Gasteiger partial charge in [0.15, 0.2) is 5.78 Å². The lowest BCUT2D eigenvalue weighted by Crippen LogP contribution is -2.19. The van der Waals surface area contributed by atoms with Crippen molar-refractivity contribution in [3.8, 4) is 0 Å². The number of rotatable bonds is 2. The van der Waals surface area contributed by atoms with Gasteiger partial charge in [-0.25, -0.2) is 8.42 Å². The molecule has 3 nitrogen and oxygen atoms in total. The van der Waals surface area contributed by atoms with Crippen LogP contribution in [0.3, 0.4) is 0 Å². The molecule has 90 valence electrons. The lowest BCUT2D eigenvalue weighted by atomic mass is 9.97. The van der Waals surface area contributed by atoms with E-state index in [4.69, 9.17) is 0 Å². The van der Waals surface area contributed by atoms with Gasteiger partial charge >= 0.3 is 0 Å². The van der Waals surface area contributed by atoms with E-state index in [1.165, 1.54) is 12.1 Å². The second-order valence-electron chi connectivity index (χ2n) is 4.29. The summed E-state index contributed by atoms with van der Waals surface area (Å²) in [7, 11) is -3.63. The zero-order valence-electron chi connectivity index (χ0n) is 9.59. The first-order valence-electron chi connectivity index (χ1n) is 5.57.